The zero-order valence-corrected chi connectivity index (χ0v) is 12.0. The Morgan fingerprint density at radius 1 is 0.944 bits per heavy atom. The first-order valence-electron chi connectivity index (χ1n) is 7.82. The first kappa shape index (κ1) is 15.5. The summed E-state index contributed by atoms with van der Waals surface area (Å²) >= 11 is 0. The fraction of sp³-hybridized carbons (Fsp3) is 0.938. The molecule has 2 heteroatoms. The van der Waals surface area contributed by atoms with Gasteiger partial charge in [0.15, 0.2) is 0 Å². The van der Waals surface area contributed by atoms with Crippen molar-refractivity contribution in [1.82, 2.24) is 0 Å². The molecule has 0 atom stereocenters. The van der Waals surface area contributed by atoms with Gasteiger partial charge in [-0.2, -0.15) is 5.26 Å². The maximum Gasteiger partial charge on any atom is 0.0691 e. The summed E-state index contributed by atoms with van der Waals surface area (Å²) in [6.07, 6.45) is 13.7. The molecular formula is C16H29NO. The lowest BCUT2D eigenvalue weighted by Crippen LogP contribution is -2.28. The fourth-order valence-corrected chi connectivity index (χ4v) is 2.78. The summed E-state index contributed by atoms with van der Waals surface area (Å²) in [5, 5.41) is 9.34. The molecule has 0 aromatic rings. The van der Waals surface area contributed by atoms with Gasteiger partial charge in [0.1, 0.15) is 0 Å². The number of nitrogens with zero attached hydrogens (tertiary/aromatic N) is 1. The van der Waals surface area contributed by atoms with Crippen LogP contribution in [0.2, 0.25) is 0 Å². The Bertz CT molecular complexity index is 238. The Morgan fingerprint density at radius 2 is 1.50 bits per heavy atom. The highest BCUT2D eigenvalue weighted by molar-refractivity contribution is 4.99. The molecule has 1 aliphatic rings. The SMILES string of the molecule is CCCCCCCCCCC1(C#N)CCOCC1. The summed E-state index contributed by atoms with van der Waals surface area (Å²) < 4.78 is 5.36. The van der Waals surface area contributed by atoms with E-state index in [9.17, 15) is 5.26 Å². The van der Waals surface area contributed by atoms with Gasteiger partial charge in [-0.3, -0.25) is 0 Å². The van der Waals surface area contributed by atoms with Crippen LogP contribution in [0.3, 0.4) is 0 Å². The van der Waals surface area contributed by atoms with Gasteiger partial charge < -0.3 is 4.74 Å². The quantitative estimate of drug-likeness (QED) is 0.549. The topological polar surface area (TPSA) is 33.0 Å². The van der Waals surface area contributed by atoms with E-state index < -0.39 is 0 Å². The van der Waals surface area contributed by atoms with Gasteiger partial charge in [-0.15, -0.1) is 0 Å². The molecule has 0 aromatic carbocycles. The van der Waals surface area contributed by atoms with Crippen molar-refractivity contribution >= 4 is 0 Å². The van der Waals surface area contributed by atoms with E-state index in [1.165, 1.54) is 51.4 Å². The molecule has 0 radical (unpaired) electrons. The Hall–Kier alpha value is -0.550. The van der Waals surface area contributed by atoms with E-state index >= 15 is 0 Å². The summed E-state index contributed by atoms with van der Waals surface area (Å²) in [5.74, 6) is 0. The first-order valence-corrected chi connectivity index (χ1v) is 7.82. The minimum Gasteiger partial charge on any atom is -0.381 e. The van der Waals surface area contributed by atoms with Gasteiger partial charge in [0.25, 0.3) is 0 Å². The van der Waals surface area contributed by atoms with Crippen molar-refractivity contribution in [3.8, 4) is 6.07 Å². The molecule has 0 spiro atoms. The predicted octanol–water partition coefficient (Wildman–Crippen LogP) is 4.84. The van der Waals surface area contributed by atoms with Gasteiger partial charge in [-0.1, -0.05) is 58.3 Å². The smallest absolute Gasteiger partial charge is 0.0691 e. The third-order valence-corrected chi connectivity index (χ3v) is 4.20. The monoisotopic (exact) mass is 251 g/mol. The molecule has 1 heterocycles. The van der Waals surface area contributed by atoms with E-state index in [0.29, 0.717) is 0 Å². The van der Waals surface area contributed by atoms with Crippen LogP contribution < -0.4 is 0 Å². The summed E-state index contributed by atoms with van der Waals surface area (Å²) in [6.45, 7) is 3.82. The zero-order chi connectivity index (χ0) is 13.1. The second-order valence-electron chi connectivity index (χ2n) is 5.73. The second kappa shape index (κ2) is 9.39. The maximum absolute atomic E-state index is 9.34. The van der Waals surface area contributed by atoms with Crippen molar-refractivity contribution in [2.24, 2.45) is 5.41 Å². The summed E-state index contributed by atoms with van der Waals surface area (Å²) in [4.78, 5) is 0. The molecule has 0 amide bonds. The van der Waals surface area contributed by atoms with Crippen LogP contribution in [0.25, 0.3) is 0 Å². The second-order valence-corrected chi connectivity index (χ2v) is 5.73. The van der Waals surface area contributed by atoms with Crippen molar-refractivity contribution in [2.45, 2.75) is 77.6 Å². The van der Waals surface area contributed by atoms with E-state index in [1.54, 1.807) is 0 Å². The lowest BCUT2D eigenvalue weighted by Gasteiger charge is -2.30. The first-order chi connectivity index (χ1) is 8.83. The maximum atomic E-state index is 9.34. The zero-order valence-electron chi connectivity index (χ0n) is 12.0. The Labute approximate surface area is 113 Å². The van der Waals surface area contributed by atoms with Crippen molar-refractivity contribution in [2.75, 3.05) is 13.2 Å². The van der Waals surface area contributed by atoms with Crippen LogP contribution in [-0.4, -0.2) is 13.2 Å². The lowest BCUT2D eigenvalue weighted by molar-refractivity contribution is 0.0359. The number of nitriles is 1. The highest BCUT2D eigenvalue weighted by Gasteiger charge is 2.31. The van der Waals surface area contributed by atoms with E-state index in [1.807, 2.05) is 0 Å². The van der Waals surface area contributed by atoms with E-state index in [4.69, 9.17) is 4.74 Å². The molecule has 104 valence electrons. The summed E-state index contributed by atoms with van der Waals surface area (Å²) in [7, 11) is 0. The van der Waals surface area contributed by atoms with Crippen LogP contribution in [0.5, 0.6) is 0 Å². The largest absolute Gasteiger partial charge is 0.381 e. The molecule has 1 saturated heterocycles. The van der Waals surface area contributed by atoms with Gasteiger partial charge in [0.2, 0.25) is 0 Å². The predicted molar refractivity (Wildman–Crippen MR) is 75.3 cm³/mol. The lowest BCUT2D eigenvalue weighted by atomic mass is 9.77. The van der Waals surface area contributed by atoms with Gasteiger partial charge in [0.05, 0.1) is 11.5 Å². The molecule has 1 aliphatic heterocycles. The van der Waals surface area contributed by atoms with E-state index in [2.05, 4.69) is 13.0 Å². The highest BCUT2D eigenvalue weighted by atomic mass is 16.5. The Kier molecular flexibility index (Phi) is 8.09. The minimum absolute atomic E-state index is 0.0551. The Balaban J connectivity index is 2.01. The summed E-state index contributed by atoms with van der Waals surface area (Å²) in [5.41, 5.74) is -0.0551. The molecule has 18 heavy (non-hydrogen) atoms. The minimum atomic E-state index is -0.0551. The molecule has 0 bridgehead atoms. The average molecular weight is 251 g/mol. The molecule has 2 nitrogen and oxygen atoms in total. The molecule has 0 aliphatic carbocycles. The van der Waals surface area contributed by atoms with Gasteiger partial charge in [-0.05, 0) is 19.3 Å². The van der Waals surface area contributed by atoms with Crippen molar-refractivity contribution in [3.05, 3.63) is 0 Å². The number of hydrogen-bond donors (Lipinski definition) is 0. The van der Waals surface area contributed by atoms with Crippen LogP contribution in [0.15, 0.2) is 0 Å². The normalized spacial score (nSPS) is 18.4. The van der Waals surface area contributed by atoms with Crippen LogP contribution in [-0.2, 0) is 4.74 Å². The molecule has 1 rings (SSSR count). The molecule has 1 fully saturated rings. The van der Waals surface area contributed by atoms with Gasteiger partial charge >= 0.3 is 0 Å². The summed E-state index contributed by atoms with van der Waals surface area (Å²) in [6, 6.07) is 2.56. The molecule has 0 N–H and O–H groups in total. The third kappa shape index (κ3) is 5.87. The molecular weight excluding hydrogens is 222 g/mol. The van der Waals surface area contributed by atoms with Gasteiger partial charge in [0, 0.05) is 13.2 Å². The van der Waals surface area contributed by atoms with E-state index in [-0.39, 0.29) is 5.41 Å². The van der Waals surface area contributed by atoms with Crippen molar-refractivity contribution in [3.63, 3.8) is 0 Å². The van der Waals surface area contributed by atoms with Gasteiger partial charge in [-0.25, -0.2) is 0 Å². The molecule has 0 aromatic heterocycles. The van der Waals surface area contributed by atoms with Crippen molar-refractivity contribution < 1.29 is 4.74 Å². The van der Waals surface area contributed by atoms with Crippen LogP contribution >= 0.6 is 0 Å². The number of unbranched alkanes of at least 4 members (excludes halogenated alkanes) is 7. The third-order valence-electron chi connectivity index (χ3n) is 4.20. The number of rotatable bonds is 9. The van der Waals surface area contributed by atoms with Crippen LogP contribution in [0.1, 0.15) is 77.6 Å². The molecule has 0 unspecified atom stereocenters. The Morgan fingerprint density at radius 3 is 2.06 bits per heavy atom. The van der Waals surface area contributed by atoms with Crippen LogP contribution in [0, 0.1) is 16.7 Å². The number of ether oxygens (including phenoxy) is 1. The standard InChI is InChI=1S/C16H29NO/c1-2-3-4-5-6-7-8-9-10-16(15-17)11-13-18-14-12-16/h2-14H2,1H3. The highest BCUT2D eigenvalue weighted by Crippen LogP contribution is 2.35. The fourth-order valence-electron chi connectivity index (χ4n) is 2.78. The van der Waals surface area contributed by atoms with Crippen LogP contribution in [0.4, 0.5) is 0 Å². The van der Waals surface area contributed by atoms with Crippen molar-refractivity contribution in [1.29, 1.82) is 5.26 Å². The van der Waals surface area contributed by atoms with E-state index in [0.717, 1.165) is 32.5 Å². The number of hydrogen-bond acceptors (Lipinski definition) is 2. The molecule has 0 saturated carbocycles. The average Bonchev–Trinajstić information content (AvgIpc) is 2.43.